The number of rotatable bonds is 11. The predicted molar refractivity (Wildman–Crippen MR) is 109 cm³/mol. The van der Waals surface area contributed by atoms with Crippen molar-refractivity contribution in [1.29, 1.82) is 0 Å². The molecule has 26 heavy (non-hydrogen) atoms. The quantitative estimate of drug-likeness (QED) is 0.338. The molecule has 0 fully saturated rings. The van der Waals surface area contributed by atoms with E-state index in [-0.39, 0.29) is 11.8 Å². The second-order valence-corrected chi connectivity index (χ2v) is 8.09. The zero-order chi connectivity index (χ0) is 18.4. The Kier molecular flexibility index (Phi) is 6.84. The Bertz CT molecular complexity index is 715. The Balaban J connectivity index is 1.39. The van der Waals surface area contributed by atoms with Crippen LogP contribution in [0.25, 0.3) is 10.8 Å². The number of carbonyl (C=O) groups excluding carboxylic acids is 2. The number of carbonyl (C=O) groups is 2. The average Bonchev–Trinajstić information content (AvgIpc) is 3.19. The third kappa shape index (κ3) is 4.35. The van der Waals surface area contributed by atoms with Crippen LogP contribution in [0.15, 0.2) is 22.9 Å². The number of unbranched alkanes of at least 4 members (excludes halogenated alkanes) is 9. The van der Waals surface area contributed by atoms with Crippen LogP contribution in [0.3, 0.4) is 0 Å². The molecular formula is C22H29NO2S. The Morgan fingerprint density at radius 1 is 0.731 bits per heavy atom. The SMILES string of the molecule is CCCCCCCCCCCCN1C(=O)c2cc3cscc3cc2C1=O. The topological polar surface area (TPSA) is 37.4 Å². The molecule has 0 atom stereocenters. The zero-order valence-corrected chi connectivity index (χ0v) is 16.6. The highest BCUT2D eigenvalue weighted by Gasteiger charge is 2.35. The third-order valence-electron chi connectivity index (χ3n) is 5.30. The molecule has 1 aliphatic rings. The standard InChI is InChI=1S/C22H29NO2S/c1-2-3-4-5-6-7-8-9-10-11-12-23-21(24)19-13-17-15-26-16-18(17)14-20(19)22(23)25/h13-16H,2-12H2,1H3. The van der Waals surface area contributed by atoms with Gasteiger partial charge in [0.2, 0.25) is 0 Å². The van der Waals surface area contributed by atoms with Crippen molar-refractivity contribution >= 4 is 33.9 Å². The molecule has 0 radical (unpaired) electrons. The molecule has 0 saturated heterocycles. The fourth-order valence-electron chi connectivity index (χ4n) is 3.72. The number of imide groups is 1. The molecular weight excluding hydrogens is 342 g/mol. The summed E-state index contributed by atoms with van der Waals surface area (Å²) in [5.41, 5.74) is 1.15. The van der Waals surface area contributed by atoms with Gasteiger partial charge in [-0.15, -0.1) is 0 Å². The molecule has 140 valence electrons. The minimum Gasteiger partial charge on any atom is -0.274 e. The average molecular weight is 372 g/mol. The summed E-state index contributed by atoms with van der Waals surface area (Å²) < 4.78 is 0. The van der Waals surface area contributed by atoms with E-state index in [2.05, 4.69) is 6.92 Å². The lowest BCUT2D eigenvalue weighted by Crippen LogP contribution is -2.30. The number of fused-ring (bicyclic) bond motifs is 2. The van der Waals surface area contributed by atoms with Gasteiger partial charge in [0, 0.05) is 6.54 Å². The van der Waals surface area contributed by atoms with E-state index in [0.29, 0.717) is 17.7 Å². The van der Waals surface area contributed by atoms with Crippen LogP contribution in [0.5, 0.6) is 0 Å². The molecule has 0 N–H and O–H groups in total. The zero-order valence-electron chi connectivity index (χ0n) is 15.8. The van der Waals surface area contributed by atoms with Crippen molar-refractivity contribution in [3.8, 4) is 0 Å². The summed E-state index contributed by atoms with van der Waals surface area (Å²) in [5, 5.41) is 6.16. The van der Waals surface area contributed by atoms with Gasteiger partial charge in [0.1, 0.15) is 0 Å². The summed E-state index contributed by atoms with van der Waals surface area (Å²) in [4.78, 5) is 26.6. The van der Waals surface area contributed by atoms with Gasteiger partial charge in [-0.2, -0.15) is 11.3 Å². The van der Waals surface area contributed by atoms with Gasteiger partial charge in [-0.25, -0.2) is 0 Å². The van der Waals surface area contributed by atoms with Gasteiger partial charge in [-0.1, -0.05) is 64.7 Å². The molecule has 3 nitrogen and oxygen atoms in total. The molecule has 2 amide bonds. The van der Waals surface area contributed by atoms with Crippen LogP contribution in [0.4, 0.5) is 0 Å². The fraction of sp³-hybridized carbons (Fsp3) is 0.545. The second kappa shape index (κ2) is 9.31. The van der Waals surface area contributed by atoms with Gasteiger partial charge >= 0.3 is 0 Å². The monoisotopic (exact) mass is 371 g/mol. The molecule has 0 aliphatic carbocycles. The Labute approximate surface area is 160 Å². The number of thiophene rings is 1. The predicted octanol–water partition coefficient (Wildman–Crippen LogP) is 6.42. The summed E-state index contributed by atoms with van der Waals surface area (Å²) in [6, 6.07) is 3.75. The van der Waals surface area contributed by atoms with Crippen LogP contribution in [-0.4, -0.2) is 23.3 Å². The molecule has 1 aromatic carbocycles. The third-order valence-corrected chi connectivity index (χ3v) is 6.08. The van der Waals surface area contributed by atoms with Crippen molar-refractivity contribution < 1.29 is 9.59 Å². The highest BCUT2D eigenvalue weighted by atomic mass is 32.1. The van der Waals surface area contributed by atoms with Crippen molar-refractivity contribution in [3.05, 3.63) is 34.0 Å². The molecule has 1 aliphatic heterocycles. The van der Waals surface area contributed by atoms with E-state index < -0.39 is 0 Å². The Morgan fingerprint density at radius 3 is 1.69 bits per heavy atom. The number of hydrogen-bond acceptors (Lipinski definition) is 3. The molecule has 3 rings (SSSR count). The summed E-state index contributed by atoms with van der Waals surface area (Å²) in [6.07, 6.45) is 12.5. The van der Waals surface area contributed by atoms with E-state index >= 15 is 0 Å². The minimum atomic E-state index is -0.117. The largest absolute Gasteiger partial charge is 0.274 e. The van der Waals surface area contributed by atoms with E-state index in [1.54, 1.807) is 11.3 Å². The number of benzene rings is 1. The number of nitrogens with zero attached hydrogens (tertiary/aromatic N) is 1. The van der Waals surface area contributed by atoms with Gasteiger partial charge in [0.05, 0.1) is 11.1 Å². The van der Waals surface area contributed by atoms with E-state index in [9.17, 15) is 9.59 Å². The Hall–Kier alpha value is -1.68. The first kappa shape index (κ1) is 19.1. The lowest BCUT2D eigenvalue weighted by molar-refractivity contribution is 0.0651. The maximum atomic E-state index is 12.6. The fourth-order valence-corrected chi connectivity index (χ4v) is 4.48. The second-order valence-electron chi connectivity index (χ2n) is 7.34. The van der Waals surface area contributed by atoms with Gasteiger partial charge in [0.25, 0.3) is 11.8 Å². The van der Waals surface area contributed by atoms with E-state index in [1.807, 2.05) is 22.9 Å². The first-order valence-corrected chi connectivity index (χ1v) is 11.0. The van der Waals surface area contributed by atoms with Crippen LogP contribution in [0, 0.1) is 0 Å². The van der Waals surface area contributed by atoms with Crippen molar-refractivity contribution in [1.82, 2.24) is 4.90 Å². The molecule has 0 saturated carbocycles. The van der Waals surface area contributed by atoms with Gasteiger partial charge < -0.3 is 0 Å². The maximum absolute atomic E-state index is 12.6. The van der Waals surface area contributed by atoms with Crippen LogP contribution in [0.1, 0.15) is 91.8 Å². The lowest BCUT2D eigenvalue weighted by atomic mass is 10.1. The van der Waals surface area contributed by atoms with Crippen molar-refractivity contribution in [2.24, 2.45) is 0 Å². The molecule has 0 spiro atoms. The summed E-state index contributed by atoms with van der Waals surface area (Å²) >= 11 is 1.60. The first-order valence-electron chi connectivity index (χ1n) is 10.1. The first-order chi connectivity index (χ1) is 12.7. The van der Waals surface area contributed by atoms with Gasteiger partial charge in [0.15, 0.2) is 0 Å². The van der Waals surface area contributed by atoms with Gasteiger partial charge in [-0.05, 0) is 40.1 Å². The molecule has 0 bridgehead atoms. The molecule has 1 aromatic heterocycles. The highest BCUT2D eigenvalue weighted by Crippen LogP contribution is 2.30. The van der Waals surface area contributed by atoms with Crippen LogP contribution >= 0.6 is 11.3 Å². The van der Waals surface area contributed by atoms with E-state index in [1.165, 1.54) is 56.3 Å². The summed E-state index contributed by atoms with van der Waals surface area (Å²) in [6.45, 7) is 2.80. The van der Waals surface area contributed by atoms with Crippen molar-refractivity contribution in [3.63, 3.8) is 0 Å². The normalized spacial score (nSPS) is 13.8. The van der Waals surface area contributed by atoms with Gasteiger partial charge in [-0.3, -0.25) is 14.5 Å². The number of amides is 2. The number of hydrogen-bond donors (Lipinski definition) is 0. The summed E-state index contributed by atoms with van der Waals surface area (Å²) in [7, 11) is 0. The van der Waals surface area contributed by atoms with E-state index in [4.69, 9.17) is 0 Å². The van der Waals surface area contributed by atoms with Crippen LogP contribution < -0.4 is 0 Å². The molecule has 4 heteroatoms. The van der Waals surface area contributed by atoms with Crippen LogP contribution in [-0.2, 0) is 0 Å². The smallest absolute Gasteiger partial charge is 0.261 e. The molecule has 0 unspecified atom stereocenters. The lowest BCUT2D eigenvalue weighted by Gasteiger charge is -2.13. The maximum Gasteiger partial charge on any atom is 0.261 e. The van der Waals surface area contributed by atoms with Crippen molar-refractivity contribution in [2.75, 3.05) is 6.54 Å². The minimum absolute atomic E-state index is 0.117. The molecule has 2 aromatic rings. The Morgan fingerprint density at radius 2 is 1.19 bits per heavy atom. The molecule has 2 heterocycles. The van der Waals surface area contributed by atoms with Crippen molar-refractivity contribution in [2.45, 2.75) is 71.1 Å². The van der Waals surface area contributed by atoms with E-state index in [0.717, 1.165) is 23.6 Å². The highest BCUT2D eigenvalue weighted by molar-refractivity contribution is 7.09. The van der Waals surface area contributed by atoms with Crippen LogP contribution in [0.2, 0.25) is 0 Å². The summed E-state index contributed by atoms with van der Waals surface area (Å²) in [5.74, 6) is -0.233.